The van der Waals surface area contributed by atoms with Crippen molar-refractivity contribution in [3.05, 3.63) is 69.7 Å². The zero-order valence-corrected chi connectivity index (χ0v) is 18.2. The number of rotatable bonds is 8. The molecule has 4 heterocycles. The van der Waals surface area contributed by atoms with Gasteiger partial charge in [0.25, 0.3) is 0 Å². The number of carbonyl (C=O) groups is 2. The number of nitrogens with one attached hydrogen (secondary N) is 1. The third-order valence-corrected chi connectivity index (χ3v) is 5.76. The van der Waals surface area contributed by atoms with Crippen molar-refractivity contribution in [3.63, 3.8) is 0 Å². The molecular weight excluding hydrogens is 414 g/mol. The maximum atomic E-state index is 13.2. The summed E-state index contributed by atoms with van der Waals surface area (Å²) in [6, 6.07) is 7.68. The van der Waals surface area contributed by atoms with Gasteiger partial charge in [-0.3, -0.25) is 4.79 Å². The van der Waals surface area contributed by atoms with Crippen LogP contribution >= 0.6 is 11.3 Å². The van der Waals surface area contributed by atoms with Gasteiger partial charge >= 0.3 is 5.97 Å². The van der Waals surface area contributed by atoms with E-state index < -0.39 is 11.8 Å². The number of pyridine rings is 1. The van der Waals surface area contributed by atoms with Crippen molar-refractivity contribution in [1.29, 1.82) is 0 Å². The van der Waals surface area contributed by atoms with Crippen LogP contribution < -0.4 is 0 Å². The number of nitrogens with zero attached hydrogens (tertiary/aromatic N) is 2. The number of fused-ring (bicyclic) bond motifs is 1. The number of ether oxygens (including phenoxy) is 2. The van der Waals surface area contributed by atoms with Crippen LogP contribution in [0.25, 0.3) is 17.1 Å². The first kappa shape index (κ1) is 20.9. The number of carbonyl (C=O) groups excluding carboxylic acids is 2. The number of unbranched alkanes of at least 4 members (excludes halogenated alkanes) is 1. The molecule has 0 fully saturated rings. The Kier molecular flexibility index (Phi) is 6.18. The molecule has 3 aromatic heterocycles. The molecule has 1 N–H and O–H groups in total. The largest absolute Gasteiger partial charge is 0.462 e. The molecule has 1 aliphatic heterocycles. The Balaban J connectivity index is 1.65. The van der Waals surface area contributed by atoms with E-state index in [-0.39, 0.29) is 23.8 Å². The van der Waals surface area contributed by atoms with Crippen LogP contribution in [0.3, 0.4) is 0 Å². The number of H-pyrrole nitrogens is 1. The summed E-state index contributed by atoms with van der Waals surface area (Å²) in [7, 11) is 1.79. The summed E-state index contributed by atoms with van der Waals surface area (Å²) in [5.41, 5.74) is 1.40. The summed E-state index contributed by atoms with van der Waals surface area (Å²) in [4.78, 5) is 36.1. The average molecular weight is 438 g/mol. The molecule has 3 aromatic rings. The minimum absolute atomic E-state index is 0.0700. The first-order valence-corrected chi connectivity index (χ1v) is 11.0. The minimum atomic E-state index is -0.657. The van der Waals surface area contributed by atoms with E-state index in [0.29, 0.717) is 12.2 Å². The average Bonchev–Trinajstić information content (AvgIpc) is 3.49. The fraction of sp³-hybridized carbons (Fsp3) is 0.261. The zero-order valence-electron chi connectivity index (χ0n) is 17.4. The van der Waals surface area contributed by atoms with Gasteiger partial charge in [-0.25, -0.2) is 9.78 Å². The highest BCUT2D eigenvalue weighted by atomic mass is 32.1. The third-order valence-electron chi connectivity index (χ3n) is 4.90. The molecule has 0 spiro atoms. The molecule has 0 unspecified atom stereocenters. The van der Waals surface area contributed by atoms with Gasteiger partial charge in [-0.1, -0.05) is 19.4 Å². The van der Waals surface area contributed by atoms with E-state index in [1.54, 1.807) is 41.8 Å². The van der Waals surface area contributed by atoms with Gasteiger partial charge in [0, 0.05) is 35.3 Å². The fourth-order valence-corrected chi connectivity index (χ4v) is 4.05. The van der Waals surface area contributed by atoms with Gasteiger partial charge in [0.1, 0.15) is 5.65 Å². The van der Waals surface area contributed by atoms with Gasteiger partial charge in [0.15, 0.2) is 11.3 Å². The standard InChI is InChI=1S/C23H23N3O4S/c1-3-4-10-29-23(28)19-20(27)18(12-15-13-25-21-17(15)8-5-9-24-21)30-22(19)26(2)14-16-7-6-11-31-16/h5-9,11-13H,3-4,10,14H2,1-2H3,(H,24,25). The molecule has 1 aliphatic rings. The first-order chi connectivity index (χ1) is 15.1. The highest BCUT2D eigenvalue weighted by Crippen LogP contribution is 2.31. The van der Waals surface area contributed by atoms with Crippen molar-refractivity contribution < 1.29 is 19.1 Å². The molecule has 0 amide bonds. The Morgan fingerprint density at radius 2 is 2.23 bits per heavy atom. The molecule has 7 nitrogen and oxygen atoms in total. The second kappa shape index (κ2) is 9.18. The number of aromatic amines is 1. The van der Waals surface area contributed by atoms with Gasteiger partial charge < -0.3 is 19.4 Å². The summed E-state index contributed by atoms with van der Waals surface area (Å²) in [5, 5.41) is 2.84. The van der Waals surface area contributed by atoms with Crippen molar-refractivity contribution >= 4 is 40.2 Å². The molecule has 160 valence electrons. The van der Waals surface area contributed by atoms with E-state index >= 15 is 0 Å². The summed E-state index contributed by atoms with van der Waals surface area (Å²) < 4.78 is 11.3. The molecule has 0 bridgehead atoms. The maximum absolute atomic E-state index is 13.2. The van der Waals surface area contributed by atoms with Crippen molar-refractivity contribution in [2.24, 2.45) is 0 Å². The summed E-state index contributed by atoms with van der Waals surface area (Å²) in [6.07, 6.45) is 6.71. The second-order valence-corrected chi connectivity index (χ2v) is 8.22. The van der Waals surface area contributed by atoms with Gasteiger partial charge in [0.05, 0.1) is 13.2 Å². The molecule has 8 heteroatoms. The first-order valence-electron chi connectivity index (χ1n) is 10.1. The summed E-state index contributed by atoms with van der Waals surface area (Å²) in [5.74, 6) is -0.840. The van der Waals surface area contributed by atoms with E-state index in [0.717, 1.165) is 28.7 Å². The molecule has 0 aromatic carbocycles. The van der Waals surface area contributed by atoms with Gasteiger partial charge in [-0.15, -0.1) is 11.3 Å². The van der Waals surface area contributed by atoms with Crippen LogP contribution in [0.5, 0.6) is 0 Å². The molecule has 0 radical (unpaired) electrons. The highest BCUT2D eigenvalue weighted by Gasteiger charge is 2.38. The monoisotopic (exact) mass is 437 g/mol. The van der Waals surface area contributed by atoms with Crippen molar-refractivity contribution in [2.75, 3.05) is 13.7 Å². The zero-order chi connectivity index (χ0) is 21.8. The number of Topliss-reactive ketones (excluding diaryl/α,β-unsaturated/α-hetero) is 1. The lowest BCUT2D eigenvalue weighted by Gasteiger charge is -2.19. The Morgan fingerprint density at radius 3 is 3.00 bits per heavy atom. The Hall–Kier alpha value is -3.39. The smallest absolute Gasteiger partial charge is 0.347 e. The lowest BCUT2D eigenvalue weighted by atomic mass is 10.1. The lowest BCUT2D eigenvalue weighted by Crippen LogP contribution is -2.22. The van der Waals surface area contributed by atoms with E-state index in [9.17, 15) is 9.59 Å². The van der Waals surface area contributed by atoms with Crippen molar-refractivity contribution in [3.8, 4) is 0 Å². The van der Waals surface area contributed by atoms with Crippen LogP contribution in [0.2, 0.25) is 0 Å². The van der Waals surface area contributed by atoms with Crippen LogP contribution in [0.15, 0.2) is 59.3 Å². The number of hydrogen-bond acceptors (Lipinski definition) is 7. The van der Waals surface area contributed by atoms with Crippen molar-refractivity contribution in [2.45, 2.75) is 26.3 Å². The second-order valence-electron chi connectivity index (χ2n) is 7.19. The Bertz CT molecular complexity index is 1160. The van der Waals surface area contributed by atoms with Crippen LogP contribution in [0, 0.1) is 0 Å². The number of hydrogen-bond donors (Lipinski definition) is 1. The predicted octanol–water partition coefficient (Wildman–Crippen LogP) is 4.25. The van der Waals surface area contributed by atoms with Crippen molar-refractivity contribution in [1.82, 2.24) is 14.9 Å². The fourth-order valence-electron chi connectivity index (χ4n) is 3.29. The highest BCUT2D eigenvalue weighted by molar-refractivity contribution is 7.09. The maximum Gasteiger partial charge on any atom is 0.347 e. The lowest BCUT2D eigenvalue weighted by molar-refractivity contribution is -0.140. The third kappa shape index (κ3) is 4.39. The molecule has 0 aliphatic carbocycles. The van der Waals surface area contributed by atoms with Crippen LogP contribution in [-0.2, 0) is 25.6 Å². The molecule has 31 heavy (non-hydrogen) atoms. The van der Waals surface area contributed by atoms with E-state index in [1.807, 2.05) is 36.6 Å². The normalized spacial score (nSPS) is 15.0. The molecule has 4 rings (SSSR count). The van der Waals surface area contributed by atoms with Gasteiger partial charge in [-0.05, 0) is 36.1 Å². The number of aromatic nitrogens is 2. The van der Waals surface area contributed by atoms with Gasteiger partial charge in [-0.2, -0.15) is 0 Å². The quantitative estimate of drug-likeness (QED) is 0.245. The van der Waals surface area contributed by atoms with Crippen LogP contribution in [-0.4, -0.2) is 40.3 Å². The summed E-state index contributed by atoms with van der Waals surface area (Å²) in [6.45, 7) is 2.78. The van der Waals surface area contributed by atoms with Crippen LogP contribution in [0.4, 0.5) is 0 Å². The molecular formula is C23H23N3O4S. The minimum Gasteiger partial charge on any atom is -0.462 e. The molecule has 0 saturated heterocycles. The topological polar surface area (TPSA) is 84.5 Å². The Labute approximate surface area is 184 Å². The SMILES string of the molecule is CCCCOC(=O)C1=C(N(C)Cc2cccs2)OC(=Cc2c[nH]c3ncccc23)C1=O. The molecule has 0 atom stereocenters. The van der Waals surface area contributed by atoms with E-state index in [1.165, 1.54) is 0 Å². The van der Waals surface area contributed by atoms with E-state index in [4.69, 9.17) is 9.47 Å². The summed E-state index contributed by atoms with van der Waals surface area (Å²) >= 11 is 1.60. The number of ketones is 1. The number of allylic oxidation sites excluding steroid dienone is 1. The Morgan fingerprint density at radius 1 is 1.35 bits per heavy atom. The molecule has 0 saturated carbocycles. The predicted molar refractivity (Wildman–Crippen MR) is 119 cm³/mol. The number of thiophene rings is 1. The number of esters is 1. The van der Waals surface area contributed by atoms with E-state index in [2.05, 4.69) is 9.97 Å². The van der Waals surface area contributed by atoms with Crippen LogP contribution in [0.1, 0.15) is 30.2 Å². The van der Waals surface area contributed by atoms with Gasteiger partial charge in [0.2, 0.25) is 11.7 Å².